The molecule has 0 radical (unpaired) electrons. The number of hydrogen-bond donors (Lipinski definition) is 3. The zero-order valence-corrected chi connectivity index (χ0v) is 13.0. The van der Waals surface area contributed by atoms with Gasteiger partial charge in [0.15, 0.2) is 0 Å². The maximum absolute atomic E-state index is 11.9. The van der Waals surface area contributed by atoms with Gasteiger partial charge in [-0.1, -0.05) is 30.3 Å². The van der Waals surface area contributed by atoms with E-state index in [0.29, 0.717) is 6.54 Å². The fraction of sp³-hybridized carbons (Fsp3) is 0.529. The quantitative estimate of drug-likeness (QED) is 0.520. The molecule has 1 aliphatic rings. The second-order valence-electron chi connectivity index (χ2n) is 6.15. The highest BCUT2D eigenvalue weighted by atomic mass is 16.3. The number of amides is 2. The number of nitrogens with one attached hydrogen (secondary N) is 2. The van der Waals surface area contributed by atoms with Crippen LogP contribution in [0.3, 0.4) is 0 Å². The summed E-state index contributed by atoms with van der Waals surface area (Å²) in [6.07, 6.45) is 3.61. The van der Waals surface area contributed by atoms with Crippen molar-refractivity contribution in [2.75, 3.05) is 13.2 Å². The van der Waals surface area contributed by atoms with E-state index in [4.69, 9.17) is 0 Å². The first-order valence-corrected chi connectivity index (χ1v) is 7.80. The van der Waals surface area contributed by atoms with Gasteiger partial charge in [-0.2, -0.15) is 0 Å². The predicted octanol–water partition coefficient (Wildman–Crippen LogP) is 1.01. The first-order chi connectivity index (χ1) is 10.5. The highest BCUT2D eigenvalue weighted by molar-refractivity contribution is 6.35. The first-order valence-electron chi connectivity index (χ1n) is 7.80. The van der Waals surface area contributed by atoms with E-state index in [9.17, 15) is 14.7 Å². The third-order valence-corrected chi connectivity index (χ3v) is 4.18. The summed E-state index contributed by atoms with van der Waals surface area (Å²) < 4.78 is 0. The maximum Gasteiger partial charge on any atom is 0.309 e. The third kappa shape index (κ3) is 4.56. The fourth-order valence-corrected chi connectivity index (χ4v) is 2.53. The zero-order valence-electron chi connectivity index (χ0n) is 13.0. The molecule has 1 aromatic rings. The van der Waals surface area contributed by atoms with Crippen LogP contribution < -0.4 is 10.6 Å². The molecule has 1 unspecified atom stereocenters. The number of rotatable bonds is 7. The summed E-state index contributed by atoms with van der Waals surface area (Å²) in [4.78, 5) is 23.7. The van der Waals surface area contributed by atoms with E-state index in [-0.39, 0.29) is 12.5 Å². The van der Waals surface area contributed by atoms with Crippen molar-refractivity contribution in [2.24, 2.45) is 5.92 Å². The van der Waals surface area contributed by atoms with Crippen LogP contribution in [0.1, 0.15) is 31.7 Å². The van der Waals surface area contributed by atoms with Crippen LogP contribution in [0.15, 0.2) is 30.3 Å². The molecule has 1 atom stereocenters. The number of carbonyl (C=O) groups is 2. The molecule has 1 fully saturated rings. The molecule has 3 N–H and O–H groups in total. The van der Waals surface area contributed by atoms with Gasteiger partial charge < -0.3 is 15.7 Å². The van der Waals surface area contributed by atoms with Gasteiger partial charge in [0.25, 0.3) is 0 Å². The first kappa shape index (κ1) is 16.5. The lowest BCUT2D eigenvalue weighted by Gasteiger charge is -2.28. The predicted molar refractivity (Wildman–Crippen MR) is 84.1 cm³/mol. The molecule has 0 aliphatic heterocycles. The molecule has 22 heavy (non-hydrogen) atoms. The monoisotopic (exact) mass is 304 g/mol. The lowest BCUT2D eigenvalue weighted by atomic mass is 9.97. The van der Waals surface area contributed by atoms with Gasteiger partial charge in [-0.15, -0.1) is 0 Å². The van der Waals surface area contributed by atoms with E-state index in [2.05, 4.69) is 10.6 Å². The van der Waals surface area contributed by atoms with Gasteiger partial charge in [-0.05, 0) is 44.1 Å². The number of carbonyl (C=O) groups excluding carboxylic acids is 2. The maximum atomic E-state index is 11.9. The minimum absolute atomic E-state index is 0.148. The molecule has 0 heterocycles. The Balaban J connectivity index is 1.69. The Morgan fingerprint density at radius 2 is 1.91 bits per heavy atom. The molecule has 2 amide bonds. The highest BCUT2D eigenvalue weighted by Crippen LogP contribution is 2.39. The van der Waals surface area contributed by atoms with Crippen LogP contribution >= 0.6 is 0 Å². The van der Waals surface area contributed by atoms with E-state index in [1.807, 2.05) is 30.3 Å². The van der Waals surface area contributed by atoms with Gasteiger partial charge in [0.1, 0.15) is 0 Å². The molecule has 1 aliphatic carbocycles. The number of aliphatic hydroxyl groups is 1. The smallest absolute Gasteiger partial charge is 0.309 e. The van der Waals surface area contributed by atoms with Crippen molar-refractivity contribution in [1.29, 1.82) is 0 Å². The van der Waals surface area contributed by atoms with Crippen molar-refractivity contribution >= 4 is 11.8 Å². The number of aryl methyl sites for hydroxylation is 1. The third-order valence-electron chi connectivity index (χ3n) is 4.18. The molecule has 0 spiro atoms. The second kappa shape index (κ2) is 7.40. The van der Waals surface area contributed by atoms with E-state index in [1.54, 1.807) is 6.92 Å². The van der Waals surface area contributed by atoms with Crippen LogP contribution in [0.5, 0.6) is 0 Å². The van der Waals surface area contributed by atoms with Crippen LogP contribution in [0, 0.1) is 5.92 Å². The minimum atomic E-state index is -0.682. The lowest BCUT2D eigenvalue weighted by Crippen LogP contribution is -2.54. The molecule has 1 saturated carbocycles. The van der Waals surface area contributed by atoms with E-state index in [1.165, 1.54) is 5.56 Å². The molecule has 1 aromatic carbocycles. The van der Waals surface area contributed by atoms with Crippen LogP contribution in [-0.4, -0.2) is 35.6 Å². The Kier molecular flexibility index (Phi) is 5.55. The van der Waals surface area contributed by atoms with Crippen LogP contribution in [0.4, 0.5) is 0 Å². The average molecular weight is 304 g/mol. The average Bonchev–Trinajstić information content (AvgIpc) is 3.37. The van der Waals surface area contributed by atoms with Gasteiger partial charge in [-0.25, -0.2) is 0 Å². The molecular formula is C17H24N2O3. The molecule has 0 bridgehead atoms. The molecule has 5 nitrogen and oxygen atoms in total. The summed E-state index contributed by atoms with van der Waals surface area (Å²) in [5, 5.41) is 14.7. The highest BCUT2D eigenvalue weighted by Gasteiger charge is 2.42. The largest absolute Gasteiger partial charge is 0.394 e. The van der Waals surface area contributed by atoms with Crippen molar-refractivity contribution < 1.29 is 14.7 Å². The second-order valence-corrected chi connectivity index (χ2v) is 6.15. The van der Waals surface area contributed by atoms with Crippen molar-refractivity contribution in [1.82, 2.24) is 10.6 Å². The number of hydrogen-bond acceptors (Lipinski definition) is 3. The fourth-order valence-electron chi connectivity index (χ4n) is 2.53. The summed E-state index contributed by atoms with van der Waals surface area (Å²) in [5.74, 6) is -1.02. The van der Waals surface area contributed by atoms with Gasteiger partial charge in [0.05, 0.1) is 12.1 Å². The van der Waals surface area contributed by atoms with Gasteiger partial charge in [0.2, 0.25) is 0 Å². The minimum Gasteiger partial charge on any atom is -0.394 e. The van der Waals surface area contributed by atoms with Crippen molar-refractivity contribution in [3.63, 3.8) is 0 Å². The van der Waals surface area contributed by atoms with Gasteiger partial charge >= 0.3 is 11.8 Å². The lowest BCUT2D eigenvalue weighted by molar-refractivity contribution is -0.140. The molecule has 2 rings (SSSR count). The summed E-state index contributed by atoms with van der Waals surface area (Å²) in [6, 6.07) is 10.0. The summed E-state index contributed by atoms with van der Waals surface area (Å²) in [5.41, 5.74) is 0.529. The van der Waals surface area contributed by atoms with Crippen LogP contribution in [0.2, 0.25) is 0 Å². The van der Waals surface area contributed by atoms with Crippen molar-refractivity contribution in [3.8, 4) is 0 Å². The van der Waals surface area contributed by atoms with Crippen molar-refractivity contribution in [3.05, 3.63) is 35.9 Å². The Morgan fingerprint density at radius 3 is 2.50 bits per heavy atom. The normalized spacial score (nSPS) is 16.6. The van der Waals surface area contributed by atoms with E-state index >= 15 is 0 Å². The van der Waals surface area contributed by atoms with Gasteiger partial charge in [0, 0.05) is 6.54 Å². The Morgan fingerprint density at radius 1 is 1.23 bits per heavy atom. The number of benzene rings is 1. The Bertz CT molecular complexity index is 514. The summed E-state index contributed by atoms with van der Waals surface area (Å²) in [7, 11) is 0. The number of aliphatic hydroxyl groups excluding tert-OH is 1. The summed E-state index contributed by atoms with van der Waals surface area (Å²) in [6.45, 7) is 2.09. The van der Waals surface area contributed by atoms with Crippen LogP contribution in [-0.2, 0) is 16.0 Å². The standard InChI is InChI=1S/C17H24N2O3/c1-17(12-20,14-9-10-14)19-16(22)15(21)18-11-5-8-13-6-3-2-4-7-13/h2-4,6-7,14,20H,5,8-12H2,1H3,(H,18,21)(H,19,22). The zero-order chi connectivity index (χ0) is 16.0. The molecule has 120 valence electrons. The van der Waals surface area contributed by atoms with E-state index in [0.717, 1.165) is 25.7 Å². The molecular weight excluding hydrogens is 280 g/mol. The Hall–Kier alpha value is -1.88. The Labute approximate surface area is 131 Å². The van der Waals surface area contributed by atoms with Gasteiger partial charge in [-0.3, -0.25) is 9.59 Å². The molecule has 5 heteroatoms. The summed E-state index contributed by atoms with van der Waals surface area (Å²) >= 11 is 0. The molecule has 0 saturated heterocycles. The topological polar surface area (TPSA) is 78.4 Å². The van der Waals surface area contributed by atoms with E-state index < -0.39 is 17.4 Å². The van der Waals surface area contributed by atoms with Crippen LogP contribution in [0.25, 0.3) is 0 Å². The molecule has 0 aromatic heterocycles. The van der Waals surface area contributed by atoms with Crippen molar-refractivity contribution in [2.45, 2.75) is 38.1 Å². The SMILES string of the molecule is CC(CO)(NC(=O)C(=O)NCCCc1ccccc1)C1CC1.